The lowest BCUT2D eigenvalue weighted by molar-refractivity contribution is -0.142. The highest BCUT2D eigenvalue weighted by atomic mass is 32.2. The zero-order chi connectivity index (χ0) is 15.0. The van der Waals surface area contributed by atoms with E-state index < -0.39 is 27.3 Å². The number of halogens is 1. The number of carboxylic acid groups (broad SMARTS) is 1. The lowest BCUT2D eigenvalue weighted by Crippen LogP contribution is -2.49. The van der Waals surface area contributed by atoms with E-state index in [9.17, 15) is 17.6 Å². The van der Waals surface area contributed by atoms with Crippen LogP contribution in [0.2, 0.25) is 0 Å². The molecule has 0 aliphatic rings. The average Bonchev–Trinajstić information content (AvgIpc) is 2.12. The lowest BCUT2D eigenvalue weighted by atomic mass is 10.1. The summed E-state index contributed by atoms with van der Waals surface area (Å²) >= 11 is 0. The summed E-state index contributed by atoms with van der Waals surface area (Å²) in [6.45, 7) is 5.39. The summed E-state index contributed by atoms with van der Waals surface area (Å²) in [6.07, 6.45) is 0. The van der Waals surface area contributed by atoms with Gasteiger partial charge in [0.05, 0.1) is 4.90 Å². The van der Waals surface area contributed by atoms with Crippen molar-refractivity contribution in [3.05, 3.63) is 29.1 Å². The van der Waals surface area contributed by atoms with Gasteiger partial charge in [-0.15, -0.1) is 0 Å². The molecule has 0 saturated heterocycles. The zero-order valence-corrected chi connectivity index (χ0v) is 11.9. The SMILES string of the molecule is Cc1cc(F)cc(C)c1S(=O)(=O)NC(C)(C)C(=O)O. The maximum Gasteiger partial charge on any atom is 0.324 e. The predicted molar refractivity (Wildman–Crippen MR) is 67.9 cm³/mol. The van der Waals surface area contributed by atoms with E-state index in [4.69, 9.17) is 5.11 Å². The van der Waals surface area contributed by atoms with Gasteiger partial charge in [-0.3, -0.25) is 4.79 Å². The minimum Gasteiger partial charge on any atom is -0.480 e. The molecule has 0 atom stereocenters. The van der Waals surface area contributed by atoms with Gasteiger partial charge in [-0.05, 0) is 51.0 Å². The van der Waals surface area contributed by atoms with E-state index in [1.54, 1.807) is 0 Å². The number of hydrogen-bond donors (Lipinski definition) is 2. The van der Waals surface area contributed by atoms with Gasteiger partial charge in [0, 0.05) is 0 Å². The van der Waals surface area contributed by atoms with Gasteiger partial charge in [0.2, 0.25) is 10.0 Å². The molecule has 19 heavy (non-hydrogen) atoms. The first-order valence-corrected chi connectivity index (χ1v) is 7.00. The van der Waals surface area contributed by atoms with Crippen LogP contribution in [-0.4, -0.2) is 25.0 Å². The van der Waals surface area contributed by atoms with E-state index in [1.165, 1.54) is 27.7 Å². The van der Waals surface area contributed by atoms with Crippen molar-refractivity contribution in [2.75, 3.05) is 0 Å². The molecule has 0 aromatic heterocycles. The lowest BCUT2D eigenvalue weighted by Gasteiger charge is -2.22. The number of hydrogen-bond acceptors (Lipinski definition) is 3. The molecule has 0 heterocycles. The van der Waals surface area contributed by atoms with E-state index >= 15 is 0 Å². The minimum atomic E-state index is -4.04. The number of aliphatic carboxylic acids is 1. The number of rotatable bonds is 4. The molecule has 1 aromatic carbocycles. The van der Waals surface area contributed by atoms with Crippen molar-refractivity contribution in [3.8, 4) is 0 Å². The van der Waals surface area contributed by atoms with Gasteiger partial charge in [-0.25, -0.2) is 12.8 Å². The molecule has 1 rings (SSSR count). The third kappa shape index (κ3) is 3.30. The first kappa shape index (κ1) is 15.6. The van der Waals surface area contributed by atoms with E-state index in [0.29, 0.717) is 0 Å². The molecule has 5 nitrogen and oxygen atoms in total. The largest absolute Gasteiger partial charge is 0.480 e. The monoisotopic (exact) mass is 289 g/mol. The quantitative estimate of drug-likeness (QED) is 0.881. The highest BCUT2D eigenvalue weighted by Crippen LogP contribution is 2.22. The van der Waals surface area contributed by atoms with Crippen LogP contribution >= 0.6 is 0 Å². The van der Waals surface area contributed by atoms with Gasteiger partial charge in [-0.2, -0.15) is 4.72 Å². The first-order chi connectivity index (χ1) is 8.47. The number of carboxylic acids is 1. The second-order valence-corrected chi connectivity index (χ2v) is 6.52. The summed E-state index contributed by atoms with van der Waals surface area (Å²) < 4.78 is 39.7. The van der Waals surface area contributed by atoms with Crippen LogP contribution in [0, 0.1) is 19.7 Å². The molecular formula is C12H16FNO4S. The number of benzene rings is 1. The molecular weight excluding hydrogens is 273 g/mol. The molecule has 0 bridgehead atoms. The Morgan fingerprint density at radius 2 is 1.68 bits per heavy atom. The van der Waals surface area contributed by atoms with Crippen LogP contribution in [0.15, 0.2) is 17.0 Å². The minimum absolute atomic E-state index is 0.0942. The Hall–Kier alpha value is -1.47. The summed E-state index contributed by atoms with van der Waals surface area (Å²) in [5, 5.41) is 8.95. The Kier molecular flexibility index (Phi) is 4.02. The fourth-order valence-corrected chi connectivity index (χ4v) is 3.58. The van der Waals surface area contributed by atoms with Gasteiger partial charge in [0.15, 0.2) is 0 Å². The van der Waals surface area contributed by atoms with Crippen LogP contribution in [0.4, 0.5) is 4.39 Å². The maximum absolute atomic E-state index is 13.2. The van der Waals surface area contributed by atoms with Gasteiger partial charge in [-0.1, -0.05) is 0 Å². The molecule has 0 amide bonds. The van der Waals surface area contributed by atoms with Crippen LogP contribution < -0.4 is 4.72 Å². The smallest absolute Gasteiger partial charge is 0.324 e. The van der Waals surface area contributed by atoms with Crippen LogP contribution in [-0.2, 0) is 14.8 Å². The second-order valence-electron chi connectivity index (χ2n) is 4.90. The van der Waals surface area contributed by atoms with Gasteiger partial charge >= 0.3 is 5.97 Å². The molecule has 0 unspecified atom stereocenters. The number of aryl methyl sites for hydroxylation is 2. The van der Waals surface area contributed by atoms with E-state index in [-0.39, 0.29) is 16.0 Å². The van der Waals surface area contributed by atoms with Crippen LogP contribution in [0.25, 0.3) is 0 Å². The predicted octanol–water partition coefficient (Wildman–Crippen LogP) is 1.58. The third-order valence-corrected chi connectivity index (χ3v) is 4.58. The van der Waals surface area contributed by atoms with E-state index in [1.807, 2.05) is 0 Å². The standard InChI is InChI=1S/C12H16FNO4S/c1-7-5-9(13)6-8(2)10(7)19(17,18)14-12(3,4)11(15)16/h5-6,14H,1-4H3,(H,15,16). The number of carbonyl (C=O) groups is 1. The molecule has 106 valence electrons. The fourth-order valence-electron chi connectivity index (χ4n) is 1.75. The van der Waals surface area contributed by atoms with Crippen molar-refractivity contribution in [1.29, 1.82) is 0 Å². The summed E-state index contributed by atoms with van der Waals surface area (Å²) in [7, 11) is -4.04. The van der Waals surface area contributed by atoms with E-state index in [2.05, 4.69) is 4.72 Å². The Balaban J connectivity index is 3.34. The van der Waals surface area contributed by atoms with Crippen molar-refractivity contribution < 1.29 is 22.7 Å². The first-order valence-electron chi connectivity index (χ1n) is 5.51. The summed E-state index contributed by atoms with van der Waals surface area (Å²) in [6, 6.07) is 2.19. The van der Waals surface area contributed by atoms with Crippen LogP contribution in [0.1, 0.15) is 25.0 Å². The van der Waals surface area contributed by atoms with Crippen molar-refractivity contribution >= 4 is 16.0 Å². The van der Waals surface area contributed by atoms with Gasteiger partial charge in [0.25, 0.3) is 0 Å². The van der Waals surface area contributed by atoms with Crippen molar-refractivity contribution in [1.82, 2.24) is 4.72 Å². The van der Waals surface area contributed by atoms with Crippen LogP contribution in [0.3, 0.4) is 0 Å². The second kappa shape index (κ2) is 4.90. The van der Waals surface area contributed by atoms with Crippen molar-refractivity contribution in [2.24, 2.45) is 0 Å². The van der Waals surface area contributed by atoms with Crippen molar-refractivity contribution in [3.63, 3.8) is 0 Å². The number of nitrogens with one attached hydrogen (secondary N) is 1. The highest BCUT2D eigenvalue weighted by Gasteiger charge is 2.34. The van der Waals surface area contributed by atoms with Gasteiger partial charge in [0.1, 0.15) is 11.4 Å². The fraction of sp³-hybridized carbons (Fsp3) is 0.417. The molecule has 0 spiro atoms. The molecule has 0 aliphatic heterocycles. The maximum atomic E-state index is 13.2. The molecule has 1 aromatic rings. The Bertz CT molecular complexity index is 600. The molecule has 0 fully saturated rings. The van der Waals surface area contributed by atoms with Crippen molar-refractivity contribution in [2.45, 2.75) is 38.1 Å². The average molecular weight is 289 g/mol. The Morgan fingerprint density at radius 3 is 2.05 bits per heavy atom. The topological polar surface area (TPSA) is 83.5 Å². The Morgan fingerprint density at radius 1 is 1.26 bits per heavy atom. The van der Waals surface area contributed by atoms with Gasteiger partial charge < -0.3 is 5.11 Å². The number of sulfonamides is 1. The third-order valence-electron chi connectivity index (χ3n) is 2.62. The summed E-state index contributed by atoms with van der Waals surface area (Å²) in [5.74, 6) is -1.83. The normalized spacial score (nSPS) is 12.5. The molecule has 0 aliphatic carbocycles. The summed E-state index contributed by atoms with van der Waals surface area (Å²) in [4.78, 5) is 10.9. The van der Waals surface area contributed by atoms with Crippen LogP contribution in [0.5, 0.6) is 0 Å². The Labute approximate surface area is 111 Å². The molecule has 2 N–H and O–H groups in total. The van der Waals surface area contributed by atoms with E-state index in [0.717, 1.165) is 12.1 Å². The molecule has 7 heteroatoms. The highest BCUT2D eigenvalue weighted by molar-refractivity contribution is 7.89. The molecule has 0 saturated carbocycles. The summed E-state index contributed by atoms with van der Waals surface area (Å²) in [5.41, 5.74) is -1.19. The molecule has 0 radical (unpaired) electrons. The zero-order valence-electron chi connectivity index (χ0n) is 11.1.